The highest BCUT2D eigenvalue weighted by molar-refractivity contribution is 5.27. The Morgan fingerprint density at radius 3 is 2.35 bits per heavy atom. The Labute approximate surface area is 96.1 Å². The van der Waals surface area contributed by atoms with Gasteiger partial charge >= 0.3 is 6.18 Å². The standard InChI is InChI=1S/C12H12F4O/c13-10-7-8(3-4-11(17)5-6-11)1-2-9(10)12(14,15)16/h1-2,7,17H,3-6H2. The molecule has 5 heteroatoms. The highest BCUT2D eigenvalue weighted by Crippen LogP contribution is 2.39. The van der Waals surface area contributed by atoms with Crippen molar-refractivity contribution in [2.75, 3.05) is 0 Å². The highest BCUT2D eigenvalue weighted by atomic mass is 19.4. The first kappa shape index (κ1) is 12.4. The second-order valence-electron chi connectivity index (χ2n) is 4.54. The molecule has 17 heavy (non-hydrogen) atoms. The number of halogens is 4. The Kier molecular flexibility index (Phi) is 2.89. The molecule has 1 aliphatic carbocycles. The fourth-order valence-electron chi connectivity index (χ4n) is 1.72. The molecule has 0 aromatic heterocycles. The summed E-state index contributed by atoms with van der Waals surface area (Å²) >= 11 is 0. The lowest BCUT2D eigenvalue weighted by Gasteiger charge is -2.10. The van der Waals surface area contributed by atoms with E-state index < -0.39 is 23.2 Å². The van der Waals surface area contributed by atoms with Crippen molar-refractivity contribution in [2.24, 2.45) is 0 Å². The first-order valence-electron chi connectivity index (χ1n) is 5.38. The van der Waals surface area contributed by atoms with Crippen molar-refractivity contribution in [1.82, 2.24) is 0 Å². The number of hydrogen-bond donors (Lipinski definition) is 1. The molecule has 0 heterocycles. The fourth-order valence-corrected chi connectivity index (χ4v) is 1.72. The molecule has 2 rings (SSSR count). The largest absolute Gasteiger partial charge is 0.419 e. The molecule has 0 unspecified atom stereocenters. The Balaban J connectivity index is 2.08. The van der Waals surface area contributed by atoms with Gasteiger partial charge in [0.1, 0.15) is 5.82 Å². The van der Waals surface area contributed by atoms with Crippen LogP contribution in [-0.2, 0) is 12.6 Å². The predicted octanol–water partition coefficient (Wildman–Crippen LogP) is 3.30. The summed E-state index contributed by atoms with van der Waals surface area (Å²) in [4.78, 5) is 0. The predicted molar refractivity (Wildman–Crippen MR) is 53.9 cm³/mol. The lowest BCUT2D eigenvalue weighted by Crippen LogP contribution is -2.10. The highest BCUT2D eigenvalue weighted by Gasteiger charge is 2.39. The molecule has 0 saturated heterocycles. The van der Waals surface area contributed by atoms with E-state index in [-0.39, 0.29) is 0 Å². The van der Waals surface area contributed by atoms with Crippen molar-refractivity contribution in [3.8, 4) is 0 Å². The van der Waals surface area contributed by atoms with Gasteiger partial charge in [-0.3, -0.25) is 0 Å². The lowest BCUT2D eigenvalue weighted by molar-refractivity contribution is -0.140. The van der Waals surface area contributed by atoms with Crippen molar-refractivity contribution in [2.45, 2.75) is 37.5 Å². The molecule has 1 aromatic carbocycles. The van der Waals surface area contributed by atoms with E-state index in [0.29, 0.717) is 18.4 Å². The maximum Gasteiger partial charge on any atom is 0.419 e. The third-order valence-electron chi connectivity index (χ3n) is 3.05. The molecule has 0 amide bonds. The molecule has 0 spiro atoms. The van der Waals surface area contributed by atoms with Gasteiger partial charge < -0.3 is 5.11 Å². The summed E-state index contributed by atoms with van der Waals surface area (Å²) in [6.07, 6.45) is -2.35. The van der Waals surface area contributed by atoms with Gasteiger partial charge in [0.05, 0.1) is 11.2 Å². The van der Waals surface area contributed by atoms with Gasteiger partial charge in [-0.25, -0.2) is 4.39 Å². The van der Waals surface area contributed by atoms with Gasteiger partial charge in [0.15, 0.2) is 0 Å². The number of alkyl halides is 3. The maximum atomic E-state index is 13.2. The summed E-state index contributed by atoms with van der Waals surface area (Å²) in [6, 6.07) is 2.91. The zero-order valence-electron chi connectivity index (χ0n) is 9.02. The normalized spacial score (nSPS) is 18.2. The summed E-state index contributed by atoms with van der Waals surface area (Å²) in [5.74, 6) is -1.25. The summed E-state index contributed by atoms with van der Waals surface area (Å²) in [5, 5.41) is 9.57. The minimum absolute atomic E-state index is 0.394. The van der Waals surface area contributed by atoms with E-state index in [4.69, 9.17) is 0 Å². The van der Waals surface area contributed by atoms with Gasteiger partial charge in [0.2, 0.25) is 0 Å². The van der Waals surface area contributed by atoms with Crippen LogP contribution in [0.5, 0.6) is 0 Å². The minimum Gasteiger partial charge on any atom is -0.390 e. The Bertz CT molecular complexity index is 421. The summed E-state index contributed by atoms with van der Waals surface area (Å²) < 4.78 is 50.1. The summed E-state index contributed by atoms with van der Waals surface area (Å²) in [7, 11) is 0. The number of aryl methyl sites for hydroxylation is 1. The molecule has 0 bridgehead atoms. The fraction of sp³-hybridized carbons (Fsp3) is 0.500. The second-order valence-corrected chi connectivity index (χ2v) is 4.54. The second kappa shape index (κ2) is 3.98. The molecule has 1 nitrogen and oxygen atoms in total. The molecule has 0 aliphatic heterocycles. The van der Waals surface area contributed by atoms with Crippen molar-refractivity contribution < 1.29 is 22.7 Å². The zero-order chi connectivity index (χ0) is 12.7. The van der Waals surface area contributed by atoms with Crippen LogP contribution in [0, 0.1) is 5.82 Å². The lowest BCUT2D eigenvalue weighted by atomic mass is 10.0. The van der Waals surface area contributed by atoms with E-state index in [2.05, 4.69) is 0 Å². The summed E-state index contributed by atoms with van der Waals surface area (Å²) in [5.41, 5.74) is -1.43. The monoisotopic (exact) mass is 248 g/mol. The van der Waals surface area contributed by atoms with Crippen LogP contribution in [0.3, 0.4) is 0 Å². The average Bonchev–Trinajstić information content (AvgIpc) is 2.92. The third kappa shape index (κ3) is 2.97. The quantitative estimate of drug-likeness (QED) is 0.814. The van der Waals surface area contributed by atoms with E-state index in [9.17, 15) is 22.7 Å². The van der Waals surface area contributed by atoms with E-state index in [1.807, 2.05) is 0 Å². The minimum atomic E-state index is -4.66. The molecule has 1 N–H and O–H groups in total. The Hall–Kier alpha value is -1.10. The van der Waals surface area contributed by atoms with Crippen LogP contribution in [-0.4, -0.2) is 10.7 Å². The molecule has 1 saturated carbocycles. The van der Waals surface area contributed by atoms with E-state index in [1.165, 1.54) is 6.07 Å². The van der Waals surface area contributed by atoms with Crippen molar-refractivity contribution in [3.05, 3.63) is 35.1 Å². The van der Waals surface area contributed by atoms with Crippen LogP contribution in [0.25, 0.3) is 0 Å². The number of benzene rings is 1. The summed E-state index contributed by atoms with van der Waals surface area (Å²) in [6.45, 7) is 0. The first-order chi connectivity index (χ1) is 7.80. The molecule has 94 valence electrons. The number of aliphatic hydroxyl groups is 1. The van der Waals surface area contributed by atoms with E-state index >= 15 is 0 Å². The van der Waals surface area contributed by atoms with Gasteiger partial charge in [0.25, 0.3) is 0 Å². The Morgan fingerprint density at radius 2 is 1.88 bits per heavy atom. The van der Waals surface area contributed by atoms with Crippen molar-refractivity contribution >= 4 is 0 Å². The molecule has 1 aliphatic rings. The van der Waals surface area contributed by atoms with E-state index in [1.54, 1.807) is 0 Å². The van der Waals surface area contributed by atoms with Crippen LogP contribution >= 0.6 is 0 Å². The zero-order valence-corrected chi connectivity index (χ0v) is 9.02. The third-order valence-corrected chi connectivity index (χ3v) is 3.05. The van der Waals surface area contributed by atoms with Gasteiger partial charge in [-0.15, -0.1) is 0 Å². The van der Waals surface area contributed by atoms with Crippen molar-refractivity contribution in [3.63, 3.8) is 0 Å². The van der Waals surface area contributed by atoms with Crippen molar-refractivity contribution in [1.29, 1.82) is 0 Å². The smallest absolute Gasteiger partial charge is 0.390 e. The van der Waals surface area contributed by atoms with Crippen LogP contribution < -0.4 is 0 Å². The number of rotatable bonds is 3. The maximum absolute atomic E-state index is 13.2. The van der Waals surface area contributed by atoms with Crippen LogP contribution in [0.2, 0.25) is 0 Å². The van der Waals surface area contributed by atoms with Gasteiger partial charge in [0, 0.05) is 0 Å². The van der Waals surface area contributed by atoms with Crippen LogP contribution in [0.4, 0.5) is 17.6 Å². The molecule has 1 aromatic rings. The van der Waals surface area contributed by atoms with E-state index in [0.717, 1.165) is 25.0 Å². The number of hydrogen-bond acceptors (Lipinski definition) is 1. The van der Waals surface area contributed by atoms with Gasteiger partial charge in [-0.05, 0) is 43.4 Å². The van der Waals surface area contributed by atoms with Gasteiger partial charge in [-0.2, -0.15) is 13.2 Å². The Morgan fingerprint density at radius 1 is 1.24 bits per heavy atom. The molecular weight excluding hydrogens is 236 g/mol. The molecule has 0 atom stereocenters. The first-order valence-corrected chi connectivity index (χ1v) is 5.38. The van der Waals surface area contributed by atoms with Crippen LogP contribution in [0.15, 0.2) is 18.2 Å². The van der Waals surface area contributed by atoms with Crippen LogP contribution in [0.1, 0.15) is 30.4 Å². The molecule has 1 fully saturated rings. The topological polar surface area (TPSA) is 20.2 Å². The SMILES string of the molecule is OC1(CCc2ccc(C(F)(F)F)c(F)c2)CC1. The average molecular weight is 248 g/mol. The molecule has 0 radical (unpaired) electrons. The molecular formula is C12H12F4O. The van der Waals surface area contributed by atoms with Gasteiger partial charge in [-0.1, -0.05) is 6.07 Å².